The van der Waals surface area contributed by atoms with Crippen LogP contribution in [0.1, 0.15) is 0 Å². The van der Waals surface area contributed by atoms with Crippen LogP contribution in [0.4, 0.5) is 0 Å². The van der Waals surface area contributed by atoms with Gasteiger partial charge in [-0.3, -0.25) is 0 Å². The predicted molar refractivity (Wildman–Crippen MR) is 90.8 cm³/mol. The Hall–Kier alpha value is -2.58. The Bertz CT molecular complexity index is 910. The normalized spacial score (nSPS) is 11.0. The highest BCUT2D eigenvalue weighted by Gasteiger charge is 2.10. The Morgan fingerprint density at radius 1 is 0.682 bits per heavy atom. The molecule has 0 radical (unpaired) electrons. The van der Waals surface area contributed by atoms with E-state index in [-0.39, 0.29) is 0 Å². The fourth-order valence-electron chi connectivity index (χ4n) is 2.53. The molecule has 4 aromatic rings. The van der Waals surface area contributed by atoms with Gasteiger partial charge in [0, 0.05) is 15.8 Å². The lowest BCUT2D eigenvalue weighted by molar-refractivity contribution is 0.493. The van der Waals surface area contributed by atoms with Crippen molar-refractivity contribution >= 4 is 33.4 Å². The van der Waals surface area contributed by atoms with Gasteiger partial charge in [0.2, 0.25) is 0 Å². The second kappa shape index (κ2) is 5.32. The Kier molecular flexibility index (Phi) is 3.17. The maximum absolute atomic E-state index is 6.16. The third kappa shape index (κ3) is 2.28. The molecule has 0 bridgehead atoms. The first-order valence-electron chi connectivity index (χ1n) is 7.02. The van der Waals surface area contributed by atoms with Crippen LogP contribution in [0.15, 0.2) is 72.8 Å². The SMILES string of the molecule is Clc1ccc(Oc2c3ccccc3nc3ccccc23)cc1. The average molecular weight is 306 g/mol. The Labute approximate surface area is 132 Å². The van der Waals surface area contributed by atoms with E-state index in [1.54, 1.807) is 0 Å². The Morgan fingerprint density at radius 2 is 1.23 bits per heavy atom. The number of aromatic nitrogens is 1. The maximum atomic E-state index is 6.16. The molecule has 1 heterocycles. The topological polar surface area (TPSA) is 22.1 Å². The minimum atomic E-state index is 0.691. The number of rotatable bonds is 2. The smallest absolute Gasteiger partial charge is 0.146 e. The van der Waals surface area contributed by atoms with E-state index in [1.807, 2.05) is 72.8 Å². The maximum Gasteiger partial charge on any atom is 0.146 e. The minimum absolute atomic E-state index is 0.691. The molecule has 1 aromatic heterocycles. The molecule has 0 amide bonds. The standard InChI is InChI=1S/C19H12ClNO/c20-13-9-11-14(12-10-13)22-19-15-5-1-3-7-17(15)21-18-8-4-2-6-16(18)19/h1-12H. The molecule has 0 aliphatic carbocycles. The molecular formula is C19H12ClNO. The first kappa shape index (κ1) is 13.1. The molecule has 0 spiro atoms. The van der Waals surface area contributed by atoms with Crippen LogP contribution >= 0.6 is 11.6 Å². The number of pyridine rings is 1. The van der Waals surface area contributed by atoms with Crippen LogP contribution in [0.5, 0.6) is 11.5 Å². The zero-order chi connectivity index (χ0) is 14.9. The van der Waals surface area contributed by atoms with Gasteiger partial charge in [-0.25, -0.2) is 4.98 Å². The molecule has 0 fully saturated rings. The highest BCUT2D eigenvalue weighted by molar-refractivity contribution is 6.30. The molecule has 0 saturated heterocycles. The summed E-state index contributed by atoms with van der Waals surface area (Å²) in [5.41, 5.74) is 1.84. The number of hydrogen-bond acceptors (Lipinski definition) is 2. The third-order valence-electron chi connectivity index (χ3n) is 3.57. The molecule has 22 heavy (non-hydrogen) atoms. The van der Waals surface area contributed by atoms with Crippen LogP contribution in [0.2, 0.25) is 5.02 Å². The molecule has 3 heteroatoms. The van der Waals surface area contributed by atoms with Gasteiger partial charge >= 0.3 is 0 Å². The lowest BCUT2D eigenvalue weighted by Gasteiger charge is -2.12. The van der Waals surface area contributed by atoms with Crippen LogP contribution in [0, 0.1) is 0 Å². The summed E-state index contributed by atoms with van der Waals surface area (Å²) in [6, 6.07) is 23.4. The van der Waals surface area contributed by atoms with Crippen LogP contribution < -0.4 is 4.74 Å². The van der Waals surface area contributed by atoms with E-state index >= 15 is 0 Å². The highest BCUT2D eigenvalue weighted by Crippen LogP contribution is 2.36. The van der Waals surface area contributed by atoms with E-state index in [0.717, 1.165) is 33.3 Å². The van der Waals surface area contributed by atoms with Gasteiger partial charge in [0.05, 0.1) is 11.0 Å². The molecule has 4 rings (SSSR count). The summed E-state index contributed by atoms with van der Waals surface area (Å²) in [6.07, 6.45) is 0. The number of benzene rings is 3. The van der Waals surface area contributed by atoms with Crippen molar-refractivity contribution in [2.75, 3.05) is 0 Å². The van der Waals surface area contributed by atoms with E-state index in [0.29, 0.717) is 5.02 Å². The van der Waals surface area contributed by atoms with Crippen molar-refractivity contribution in [2.45, 2.75) is 0 Å². The van der Waals surface area contributed by atoms with Crippen LogP contribution in [-0.4, -0.2) is 4.98 Å². The van der Waals surface area contributed by atoms with Gasteiger partial charge in [-0.05, 0) is 48.5 Å². The first-order chi connectivity index (χ1) is 10.8. The van der Waals surface area contributed by atoms with E-state index < -0.39 is 0 Å². The summed E-state index contributed by atoms with van der Waals surface area (Å²) in [5, 5.41) is 2.68. The Balaban J connectivity index is 1.97. The highest BCUT2D eigenvalue weighted by atomic mass is 35.5. The predicted octanol–water partition coefficient (Wildman–Crippen LogP) is 5.83. The van der Waals surface area contributed by atoms with Crippen LogP contribution in [0.3, 0.4) is 0 Å². The van der Waals surface area contributed by atoms with Gasteiger partial charge in [-0.15, -0.1) is 0 Å². The van der Waals surface area contributed by atoms with Gasteiger partial charge in [-0.1, -0.05) is 35.9 Å². The number of nitrogens with zero attached hydrogens (tertiary/aromatic N) is 1. The fraction of sp³-hybridized carbons (Fsp3) is 0. The largest absolute Gasteiger partial charge is 0.456 e. The van der Waals surface area contributed by atoms with E-state index in [2.05, 4.69) is 0 Å². The summed E-state index contributed by atoms with van der Waals surface area (Å²) in [7, 11) is 0. The first-order valence-corrected chi connectivity index (χ1v) is 7.40. The molecule has 0 saturated carbocycles. The third-order valence-corrected chi connectivity index (χ3v) is 3.82. The second-order valence-electron chi connectivity index (χ2n) is 5.03. The lowest BCUT2D eigenvalue weighted by Crippen LogP contribution is -1.90. The van der Waals surface area contributed by atoms with Crippen molar-refractivity contribution in [1.82, 2.24) is 4.98 Å². The van der Waals surface area contributed by atoms with E-state index in [4.69, 9.17) is 21.3 Å². The summed E-state index contributed by atoms with van der Waals surface area (Å²) < 4.78 is 6.16. The van der Waals surface area contributed by atoms with E-state index in [1.165, 1.54) is 0 Å². The summed E-state index contributed by atoms with van der Waals surface area (Å²) in [5.74, 6) is 1.58. The number of halogens is 1. The molecule has 0 unspecified atom stereocenters. The number of para-hydroxylation sites is 2. The number of ether oxygens (including phenoxy) is 1. The molecule has 3 aromatic carbocycles. The lowest BCUT2D eigenvalue weighted by atomic mass is 10.1. The Morgan fingerprint density at radius 3 is 1.82 bits per heavy atom. The fourth-order valence-corrected chi connectivity index (χ4v) is 2.66. The second-order valence-corrected chi connectivity index (χ2v) is 5.47. The van der Waals surface area contributed by atoms with Crippen molar-refractivity contribution in [3.05, 3.63) is 77.8 Å². The van der Waals surface area contributed by atoms with Gasteiger partial charge in [0.15, 0.2) is 0 Å². The van der Waals surface area contributed by atoms with Crippen molar-refractivity contribution in [2.24, 2.45) is 0 Å². The van der Waals surface area contributed by atoms with Crippen LogP contribution in [-0.2, 0) is 0 Å². The average Bonchev–Trinajstić information content (AvgIpc) is 2.56. The molecule has 2 nitrogen and oxygen atoms in total. The van der Waals surface area contributed by atoms with Crippen molar-refractivity contribution in [3.8, 4) is 11.5 Å². The quantitative estimate of drug-likeness (QED) is 0.434. The van der Waals surface area contributed by atoms with E-state index in [9.17, 15) is 0 Å². The minimum Gasteiger partial charge on any atom is -0.456 e. The summed E-state index contributed by atoms with van der Waals surface area (Å²) in [4.78, 5) is 4.69. The summed E-state index contributed by atoms with van der Waals surface area (Å²) >= 11 is 5.94. The van der Waals surface area contributed by atoms with Gasteiger partial charge in [0.25, 0.3) is 0 Å². The molecule has 0 N–H and O–H groups in total. The molecule has 106 valence electrons. The molecule has 0 aliphatic rings. The van der Waals surface area contributed by atoms with Gasteiger partial charge < -0.3 is 4.74 Å². The van der Waals surface area contributed by atoms with Crippen molar-refractivity contribution in [1.29, 1.82) is 0 Å². The van der Waals surface area contributed by atoms with Gasteiger partial charge in [-0.2, -0.15) is 0 Å². The molecular weight excluding hydrogens is 294 g/mol. The number of hydrogen-bond donors (Lipinski definition) is 0. The molecule has 0 aliphatic heterocycles. The zero-order valence-electron chi connectivity index (χ0n) is 11.7. The van der Waals surface area contributed by atoms with Crippen molar-refractivity contribution < 1.29 is 4.74 Å². The zero-order valence-corrected chi connectivity index (χ0v) is 12.4. The number of fused-ring (bicyclic) bond motifs is 2. The van der Waals surface area contributed by atoms with Crippen LogP contribution in [0.25, 0.3) is 21.8 Å². The molecule has 0 atom stereocenters. The van der Waals surface area contributed by atoms with Gasteiger partial charge in [0.1, 0.15) is 11.5 Å². The van der Waals surface area contributed by atoms with Crippen molar-refractivity contribution in [3.63, 3.8) is 0 Å². The summed E-state index contributed by atoms with van der Waals surface area (Å²) in [6.45, 7) is 0. The monoisotopic (exact) mass is 305 g/mol.